The molecular weight excluding hydrogens is 584 g/mol. The van der Waals surface area contributed by atoms with Crippen molar-refractivity contribution in [1.82, 2.24) is 10.2 Å². The first-order valence-electron chi connectivity index (χ1n) is 14.4. The van der Waals surface area contributed by atoms with Gasteiger partial charge in [0.25, 0.3) is 0 Å². The van der Waals surface area contributed by atoms with E-state index in [1.165, 1.54) is 6.42 Å². The van der Waals surface area contributed by atoms with Crippen LogP contribution in [0.3, 0.4) is 0 Å². The predicted molar refractivity (Wildman–Crippen MR) is 163 cm³/mol. The Kier molecular flexibility index (Phi) is 24.5. The highest BCUT2D eigenvalue weighted by molar-refractivity contribution is 8.19. The maximum absolute atomic E-state index is 10.4. The molecule has 0 rings (SSSR count). The third kappa shape index (κ3) is 28.7. The van der Waals surface area contributed by atoms with E-state index in [1.807, 2.05) is 4.90 Å². The number of ether oxygens (including phenoxy) is 3. The molecule has 0 spiro atoms. The van der Waals surface area contributed by atoms with Crippen LogP contribution in [-0.4, -0.2) is 150 Å². The van der Waals surface area contributed by atoms with Crippen LogP contribution in [0.25, 0.3) is 0 Å². The van der Waals surface area contributed by atoms with Crippen molar-refractivity contribution < 1.29 is 56.8 Å². The monoisotopic (exact) mass is 642 g/mol. The number of aliphatic hydroxyl groups excluding tert-OH is 3. The fraction of sp³-hybridized carbons (Fsp3) is 1.00. The smallest absolute Gasteiger partial charge is 0.0900 e. The van der Waals surface area contributed by atoms with Crippen LogP contribution < -0.4 is 5.32 Å². The molecule has 0 radical (unpaired) electrons. The van der Waals surface area contributed by atoms with Gasteiger partial charge in [0.2, 0.25) is 0 Å². The topological polar surface area (TPSA) is 225 Å². The van der Waals surface area contributed by atoms with Crippen LogP contribution in [0.4, 0.5) is 0 Å². The quantitative estimate of drug-likeness (QED) is 0.0529. The predicted octanol–water partition coefficient (Wildman–Crippen LogP) is 2.45. The van der Waals surface area contributed by atoms with Crippen LogP contribution in [0.15, 0.2) is 0 Å². The Labute approximate surface area is 249 Å². The normalized spacial score (nSPS) is 16.6. The molecule has 41 heavy (non-hydrogen) atoms. The number of rotatable bonds is 29. The molecular formula is C25H58N2O12S2. The van der Waals surface area contributed by atoms with Gasteiger partial charge in [0.15, 0.2) is 0 Å². The molecule has 0 aromatic carbocycles. The molecule has 0 heterocycles. The van der Waals surface area contributed by atoms with Gasteiger partial charge in [-0.05, 0) is 25.2 Å². The van der Waals surface area contributed by atoms with Gasteiger partial charge in [-0.25, -0.2) is 0 Å². The van der Waals surface area contributed by atoms with Gasteiger partial charge >= 0.3 is 0 Å². The summed E-state index contributed by atoms with van der Waals surface area (Å²) in [5, 5.41) is 34.2. The van der Waals surface area contributed by atoms with Gasteiger partial charge in [-0.2, -0.15) is 0 Å². The Balaban J connectivity index is 4.51. The van der Waals surface area contributed by atoms with Crippen molar-refractivity contribution in [1.29, 1.82) is 0 Å². The number of aliphatic hydroxyl groups is 3. The van der Waals surface area contributed by atoms with E-state index in [4.69, 9.17) is 41.5 Å². The van der Waals surface area contributed by atoms with E-state index < -0.39 is 40.1 Å². The van der Waals surface area contributed by atoms with Gasteiger partial charge in [0.05, 0.1) is 59.9 Å². The third-order valence-electron chi connectivity index (χ3n) is 6.16. The molecule has 14 nitrogen and oxygen atoms in total. The highest BCUT2D eigenvalue weighted by Crippen LogP contribution is 2.33. The van der Waals surface area contributed by atoms with Gasteiger partial charge in [-0.3, -0.25) is 4.90 Å². The Bertz CT molecular complexity index is 570. The Hall–Kier alpha value is 0.140. The third-order valence-corrected chi connectivity index (χ3v) is 7.84. The summed E-state index contributed by atoms with van der Waals surface area (Å²) in [6.45, 7) is 6.94. The summed E-state index contributed by atoms with van der Waals surface area (Å²) in [6, 6.07) is 0. The molecule has 4 atom stereocenters. The molecule has 0 amide bonds. The number of hydrogen-bond acceptors (Lipinski definition) is 14. The molecule has 10 N–H and O–H groups in total. The van der Waals surface area contributed by atoms with E-state index in [2.05, 4.69) is 19.2 Å². The maximum atomic E-state index is 10.4. The van der Waals surface area contributed by atoms with Crippen molar-refractivity contribution >= 4 is 21.7 Å². The van der Waals surface area contributed by atoms with Gasteiger partial charge in [-0.15, -0.1) is 0 Å². The molecule has 16 heteroatoms. The van der Waals surface area contributed by atoms with Crippen molar-refractivity contribution in [2.75, 3.05) is 83.9 Å². The zero-order chi connectivity index (χ0) is 31.2. The van der Waals surface area contributed by atoms with Crippen LogP contribution in [0.2, 0.25) is 0 Å². The molecule has 0 aliphatic heterocycles. The summed E-state index contributed by atoms with van der Waals surface area (Å²) in [5.41, 5.74) is 0. The lowest BCUT2D eigenvalue weighted by molar-refractivity contribution is -0.0101. The van der Waals surface area contributed by atoms with Crippen LogP contribution in [0.1, 0.15) is 52.4 Å². The molecule has 0 saturated heterocycles. The Morgan fingerprint density at radius 3 is 1.66 bits per heavy atom. The second-order valence-electron chi connectivity index (χ2n) is 10.4. The molecule has 0 fully saturated rings. The molecule has 252 valence electrons. The van der Waals surface area contributed by atoms with E-state index in [0.29, 0.717) is 32.2 Å². The van der Waals surface area contributed by atoms with Gasteiger partial charge in [0.1, 0.15) is 0 Å². The first-order valence-corrected chi connectivity index (χ1v) is 17.8. The number of hydrogen-bond donors (Lipinski definition) is 10. The van der Waals surface area contributed by atoms with E-state index >= 15 is 0 Å². The summed E-state index contributed by atoms with van der Waals surface area (Å²) in [5.74, 6) is 0.0789. The van der Waals surface area contributed by atoms with Crippen LogP contribution >= 0.6 is 21.7 Å². The summed E-state index contributed by atoms with van der Waals surface area (Å²) in [7, 11) is -7.14. The lowest BCUT2D eigenvalue weighted by Gasteiger charge is -2.28. The summed E-state index contributed by atoms with van der Waals surface area (Å²) >= 11 is 0. The van der Waals surface area contributed by atoms with Crippen molar-refractivity contribution in [3.8, 4) is 0 Å². The molecule has 0 aromatic rings. The van der Waals surface area contributed by atoms with Gasteiger partial charge in [0, 0.05) is 64.1 Å². The molecule has 0 aromatic heterocycles. The number of nitrogens with zero attached hydrogens (tertiary/aromatic N) is 1. The standard InChI is InChI=1S/C25H58N2O12S2/c1-3-5-8-22(4-2)18-39-19-23(28)15-26-9-10-27(16-24(29)20-37-11-6-13-40(31,32)33)17-25(30)21-38-12-7-14-41(34,35)36/h22-26,28-36H,3-21H2,1-2H3. The largest absolute Gasteiger partial charge is 0.389 e. The molecule has 4 unspecified atom stereocenters. The lowest BCUT2D eigenvalue weighted by atomic mass is 10.0. The zero-order valence-corrected chi connectivity index (χ0v) is 26.4. The summed E-state index contributed by atoms with van der Waals surface area (Å²) < 4.78 is 70.3. The lowest BCUT2D eigenvalue weighted by Crippen LogP contribution is -2.44. The average Bonchev–Trinajstić information content (AvgIpc) is 2.86. The van der Waals surface area contributed by atoms with Gasteiger partial charge < -0.3 is 62.2 Å². The minimum absolute atomic E-state index is 0.0260. The van der Waals surface area contributed by atoms with E-state index in [9.17, 15) is 15.3 Å². The van der Waals surface area contributed by atoms with Crippen LogP contribution in [0, 0.1) is 5.92 Å². The maximum Gasteiger partial charge on any atom is 0.0900 e. The minimum atomic E-state index is -3.57. The molecule has 0 aliphatic carbocycles. The Morgan fingerprint density at radius 1 is 0.683 bits per heavy atom. The number of nitrogens with one attached hydrogen (secondary N) is 1. The summed E-state index contributed by atoms with van der Waals surface area (Å²) in [6.07, 6.45) is 2.45. The van der Waals surface area contributed by atoms with E-state index in [0.717, 1.165) is 19.3 Å². The van der Waals surface area contributed by atoms with E-state index in [-0.39, 0.29) is 70.5 Å². The minimum Gasteiger partial charge on any atom is -0.389 e. The van der Waals surface area contributed by atoms with Crippen LogP contribution in [0.5, 0.6) is 0 Å². The Morgan fingerprint density at radius 2 is 1.20 bits per heavy atom. The van der Waals surface area contributed by atoms with E-state index in [1.54, 1.807) is 0 Å². The molecule has 0 aliphatic rings. The average molecular weight is 643 g/mol. The van der Waals surface area contributed by atoms with Crippen molar-refractivity contribution in [3.05, 3.63) is 0 Å². The first-order chi connectivity index (χ1) is 19.3. The van der Waals surface area contributed by atoms with Gasteiger partial charge in [-0.1, -0.05) is 33.1 Å². The summed E-state index contributed by atoms with van der Waals surface area (Å²) in [4.78, 5) is 1.81. The fourth-order valence-corrected chi connectivity index (χ4v) is 4.95. The SMILES string of the molecule is CCCCC(CC)COCC(O)CNCCN(CC(O)COCCCS(O)(O)O)CC(O)COCCCS(O)(O)O. The molecule has 0 saturated carbocycles. The van der Waals surface area contributed by atoms with Crippen molar-refractivity contribution in [2.24, 2.45) is 5.92 Å². The second kappa shape index (κ2) is 24.5. The number of unbranched alkanes of at least 4 members (excludes halogenated alkanes) is 1. The van der Waals surface area contributed by atoms with Crippen molar-refractivity contribution in [2.45, 2.75) is 70.7 Å². The first kappa shape index (κ1) is 41.1. The molecule has 0 bridgehead atoms. The second-order valence-corrected chi connectivity index (χ2v) is 13.8. The highest BCUT2D eigenvalue weighted by atomic mass is 32.3. The van der Waals surface area contributed by atoms with Crippen molar-refractivity contribution in [3.63, 3.8) is 0 Å². The fourth-order valence-electron chi connectivity index (χ4n) is 3.94. The highest BCUT2D eigenvalue weighted by Gasteiger charge is 2.18. The zero-order valence-electron chi connectivity index (χ0n) is 24.8. The van der Waals surface area contributed by atoms with Crippen LogP contribution in [-0.2, 0) is 14.2 Å².